The zero-order chi connectivity index (χ0) is 14.7. The van der Waals surface area contributed by atoms with Crippen molar-refractivity contribution in [1.82, 2.24) is 0 Å². The zero-order valence-electron chi connectivity index (χ0n) is 10.1. The molecule has 0 radical (unpaired) electrons. The molecule has 0 aromatic heterocycles. The van der Waals surface area contributed by atoms with E-state index in [1.165, 1.54) is 18.2 Å². The van der Waals surface area contributed by atoms with Gasteiger partial charge >= 0.3 is 5.97 Å². The molecular formula is C14H10BrFO4. The molecule has 0 unspecified atom stereocenters. The van der Waals surface area contributed by atoms with Crippen LogP contribution in [0.3, 0.4) is 0 Å². The van der Waals surface area contributed by atoms with Gasteiger partial charge in [0, 0.05) is 5.56 Å². The molecule has 2 aromatic rings. The van der Waals surface area contributed by atoms with Gasteiger partial charge < -0.3 is 14.9 Å². The van der Waals surface area contributed by atoms with Crippen LogP contribution in [0.2, 0.25) is 0 Å². The average molecular weight is 341 g/mol. The Balaban J connectivity index is 2.22. The molecule has 2 aromatic carbocycles. The Morgan fingerprint density at radius 1 is 1.30 bits per heavy atom. The molecule has 6 heteroatoms. The van der Waals surface area contributed by atoms with Gasteiger partial charge in [-0.15, -0.1) is 0 Å². The highest BCUT2D eigenvalue weighted by atomic mass is 79.9. The molecule has 104 valence electrons. The van der Waals surface area contributed by atoms with E-state index in [9.17, 15) is 14.3 Å². The number of hydrogen-bond donors (Lipinski definition) is 2. The fourth-order valence-corrected chi connectivity index (χ4v) is 2.04. The molecule has 0 atom stereocenters. The van der Waals surface area contributed by atoms with Crippen molar-refractivity contribution < 1.29 is 24.1 Å². The highest BCUT2D eigenvalue weighted by molar-refractivity contribution is 9.10. The van der Waals surface area contributed by atoms with Crippen molar-refractivity contribution in [2.24, 2.45) is 0 Å². The van der Waals surface area contributed by atoms with Crippen LogP contribution in [0.1, 0.15) is 15.9 Å². The molecule has 0 fully saturated rings. The van der Waals surface area contributed by atoms with E-state index >= 15 is 0 Å². The maximum absolute atomic E-state index is 13.4. The topological polar surface area (TPSA) is 66.8 Å². The van der Waals surface area contributed by atoms with Gasteiger partial charge in [-0.25, -0.2) is 9.18 Å². The Kier molecular flexibility index (Phi) is 4.24. The molecular weight excluding hydrogens is 331 g/mol. The highest BCUT2D eigenvalue weighted by Gasteiger charge is 2.15. The van der Waals surface area contributed by atoms with E-state index in [0.717, 1.165) is 0 Å². The van der Waals surface area contributed by atoms with Gasteiger partial charge in [0.05, 0.1) is 4.47 Å². The lowest BCUT2D eigenvalue weighted by Gasteiger charge is -2.10. The maximum Gasteiger partial charge on any atom is 0.339 e. The normalized spacial score (nSPS) is 10.3. The first-order valence-electron chi connectivity index (χ1n) is 5.61. The first-order valence-corrected chi connectivity index (χ1v) is 6.40. The largest absolute Gasteiger partial charge is 0.506 e. The van der Waals surface area contributed by atoms with Gasteiger partial charge in [0.2, 0.25) is 0 Å². The highest BCUT2D eigenvalue weighted by Crippen LogP contribution is 2.33. The summed E-state index contributed by atoms with van der Waals surface area (Å²) in [5.41, 5.74) is 0.0662. The van der Waals surface area contributed by atoms with Gasteiger partial charge in [-0.2, -0.15) is 0 Å². The number of aromatic hydroxyl groups is 1. The summed E-state index contributed by atoms with van der Waals surface area (Å²) < 4.78 is 19.0. The number of phenols is 1. The number of rotatable bonds is 4. The van der Waals surface area contributed by atoms with Crippen molar-refractivity contribution in [3.8, 4) is 11.5 Å². The number of halogens is 2. The minimum atomic E-state index is -1.28. The van der Waals surface area contributed by atoms with Crippen LogP contribution in [0.4, 0.5) is 4.39 Å². The van der Waals surface area contributed by atoms with Crippen molar-refractivity contribution in [1.29, 1.82) is 0 Å². The van der Waals surface area contributed by atoms with Crippen molar-refractivity contribution >= 4 is 21.9 Å². The minimum absolute atomic E-state index is 0.0387. The van der Waals surface area contributed by atoms with Crippen LogP contribution in [-0.4, -0.2) is 16.2 Å². The monoisotopic (exact) mass is 340 g/mol. The lowest BCUT2D eigenvalue weighted by atomic mass is 10.2. The lowest BCUT2D eigenvalue weighted by Crippen LogP contribution is -2.01. The smallest absolute Gasteiger partial charge is 0.339 e. The number of benzene rings is 2. The summed E-state index contributed by atoms with van der Waals surface area (Å²) in [6, 6.07) is 8.73. The minimum Gasteiger partial charge on any atom is -0.506 e. The molecule has 0 spiro atoms. The molecule has 0 saturated heterocycles. The van der Waals surface area contributed by atoms with E-state index in [-0.39, 0.29) is 28.1 Å². The number of carbonyl (C=O) groups is 1. The molecule has 0 bridgehead atoms. The number of aromatic carboxylic acids is 1. The first-order chi connectivity index (χ1) is 9.49. The Bertz CT molecular complexity index is 658. The molecule has 0 amide bonds. The predicted octanol–water partition coefficient (Wildman–Crippen LogP) is 3.57. The number of hydrogen-bond acceptors (Lipinski definition) is 3. The van der Waals surface area contributed by atoms with Crippen LogP contribution in [0.5, 0.6) is 11.5 Å². The van der Waals surface area contributed by atoms with Crippen molar-refractivity contribution in [2.45, 2.75) is 6.61 Å². The van der Waals surface area contributed by atoms with Crippen LogP contribution in [0.25, 0.3) is 0 Å². The van der Waals surface area contributed by atoms with Gasteiger partial charge in [-0.1, -0.05) is 18.2 Å². The van der Waals surface area contributed by atoms with E-state index in [0.29, 0.717) is 5.56 Å². The fourth-order valence-electron chi connectivity index (χ4n) is 1.60. The lowest BCUT2D eigenvalue weighted by molar-refractivity contribution is 0.0693. The van der Waals surface area contributed by atoms with Crippen LogP contribution < -0.4 is 4.74 Å². The Hall–Kier alpha value is -2.08. The molecule has 0 aliphatic rings. The second-order valence-electron chi connectivity index (χ2n) is 3.99. The SMILES string of the molecule is O=C(O)c1cc(OCc2ccccc2F)cc(Br)c1O. The number of ether oxygens (including phenoxy) is 1. The number of carboxylic acid groups (broad SMARTS) is 1. The summed E-state index contributed by atoms with van der Waals surface area (Å²) >= 11 is 3.04. The van der Waals surface area contributed by atoms with Gasteiger partial charge in [0.15, 0.2) is 0 Å². The van der Waals surface area contributed by atoms with Crippen LogP contribution in [0.15, 0.2) is 40.9 Å². The van der Waals surface area contributed by atoms with E-state index in [1.54, 1.807) is 18.2 Å². The third-order valence-electron chi connectivity index (χ3n) is 2.62. The molecule has 0 aliphatic heterocycles. The molecule has 4 nitrogen and oxygen atoms in total. The van der Waals surface area contributed by atoms with Crippen molar-refractivity contribution in [3.05, 3.63) is 57.8 Å². The molecule has 0 heterocycles. The third-order valence-corrected chi connectivity index (χ3v) is 3.22. The average Bonchev–Trinajstić information content (AvgIpc) is 2.41. The van der Waals surface area contributed by atoms with Crippen molar-refractivity contribution in [3.63, 3.8) is 0 Å². The fraction of sp³-hybridized carbons (Fsp3) is 0.0714. The van der Waals surface area contributed by atoms with Crippen molar-refractivity contribution in [2.75, 3.05) is 0 Å². The van der Waals surface area contributed by atoms with Gasteiger partial charge in [-0.05, 0) is 34.1 Å². The summed E-state index contributed by atoms with van der Waals surface area (Å²) in [6.45, 7) is -0.0387. The summed E-state index contributed by atoms with van der Waals surface area (Å²) in [5, 5.41) is 18.5. The summed E-state index contributed by atoms with van der Waals surface area (Å²) in [4.78, 5) is 11.0. The first kappa shape index (κ1) is 14.3. The molecule has 2 N–H and O–H groups in total. The maximum atomic E-state index is 13.4. The van der Waals surface area contributed by atoms with E-state index < -0.39 is 11.8 Å². The molecule has 2 rings (SSSR count). The predicted molar refractivity (Wildman–Crippen MR) is 73.5 cm³/mol. The summed E-state index contributed by atoms with van der Waals surface area (Å²) in [7, 11) is 0. The van der Waals surface area contributed by atoms with E-state index in [1.807, 2.05) is 0 Å². The number of carboxylic acids is 1. The van der Waals surface area contributed by atoms with E-state index in [4.69, 9.17) is 9.84 Å². The van der Waals surface area contributed by atoms with E-state index in [2.05, 4.69) is 15.9 Å². The Morgan fingerprint density at radius 2 is 2.00 bits per heavy atom. The van der Waals surface area contributed by atoms with Gasteiger partial charge in [0.1, 0.15) is 29.5 Å². The second-order valence-corrected chi connectivity index (χ2v) is 4.84. The van der Waals surface area contributed by atoms with Crippen LogP contribution >= 0.6 is 15.9 Å². The standard InChI is InChI=1S/C14H10BrFO4/c15-11-6-9(5-10(13(11)17)14(18)19)20-7-8-3-1-2-4-12(8)16/h1-6,17H,7H2,(H,18,19). The Morgan fingerprint density at radius 3 is 2.65 bits per heavy atom. The Labute approximate surface area is 122 Å². The van der Waals surface area contributed by atoms with Gasteiger partial charge in [-0.3, -0.25) is 0 Å². The molecule has 0 saturated carbocycles. The molecule has 0 aliphatic carbocycles. The zero-order valence-corrected chi connectivity index (χ0v) is 11.7. The van der Waals surface area contributed by atoms with Crippen LogP contribution in [0, 0.1) is 5.82 Å². The summed E-state index contributed by atoms with van der Waals surface area (Å²) in [5.74, 6) is -1.84. The third kappa shape index (κ3) is 3.08. The second kappa shape index (κ2) is 5.92. The van der Waals surface area contributed by atoms with Crippen LogP contribution in [-0.2, 0) is 6.61 Å². The molecule has 20 heavy (non-hydrogen) atoms. The quantitative estimate of drug-likeness (QED) is 0.892. The summed E-state index contributed by atoms with van der Waals surface area (Å²) in [6.07, 6.45) is 0. The van der Waals surface area contributed by atoms with Gasteiger partial charge in [0.25, 0.3) is 0 Å².